The second-order valence-electron chi connectivity index (χ2n) is 3.92. The molecule has 0 amide bonds. The van der Waals surface area contributed by atoms with Crippen molar-refractivity contribution in [2.45, 2.75) is 13.3 Å². The molecule has 4 heteroatoms. The van der Waals surface area contributed by atoms with Crippen LogP contribution in [0, 0.1) is 6.92 Å². The molecule has 1 heterocycles. The molecule has 0 atom stereocenters. The second kappa shape index (κ2) is 4.91. The SMILES string of the molecule is COC(=O)CCNc1c(C)[nH]c2ccccc12. The number of ether oxygens (including phenoxy) is 1. The molecule has 0 unspecified atom stereocenters. The van der Waals surface area contributed by atoms with E-state index in [1.165, 1.54) is 7.11 Å². The van der Waals surface area contributed by atoms with Crippen LogP contribution in [0.25, 0.3) is 10.9 Å². The largest absolute Gasteiger partial charge is 0.469 e. The molecule has 90 valence electrons. The van der Waals surface area contributed by atoms with Gasteiger partial charge in [-0.05, 0) is 13.0 Å². The fraction of sp³-hybridized carbons (Fsp3) is 0.308. The maximum absolute atomic E-state index is 11.0. The van der Waals surface area contributed by atoms with Crippen LogP contribution in [0.4, 0.5) is 5.69 Å². The third-order valence-corrected chi connectivity index (χ3v) is 2.75. The molecular formula is C13H16N2O2. The van der Waals surface area contributed by atoms with E-state index in [0.29, 0.717) is 13.0 Å². The summed E-state index contributed by atoms with van der Waals surface area (Å²) in [5, 5.41) is 4.42. The van der Waals surface area contributed by atoms with Crippen molar-refractivity contribution >= 4 is 22.6 Å². The van der Waals surface area contributed by atoms with E-state index in [-0.39, 0.29) is 5.97 Å². The van der Waals surface area contributed by atoms with Gasteiger partial charge in [0.15, 0.2) is 0 Å². The van der Waals surface area contributed by atoms with Crippen LogP contribution in [0.1, 0.15) is 12.1 Å². The maximum Gasteiger partial charge on any atom is 0.307 e. The quantitative estimate of drug-likeness (QED) is 0.796. The van der Waals surface area contributed by atoms with Crippen LogP contribution in [-0.4, -0.2) is 24.6 Å². The van der Waals surface area contributed by atoms with Crippen molar-refractivity contribution in [2.24, 2.45) is 0 Å². The number of aryl methyl sites for hydroxylation is 1. The van der Waals surface area contributed by atoms with Gasteiger partial charge < -0.3 is 15.0 Å². The van der Waals surface area contributed by atoms with Crippen LogP contribution in [0.5, 0.6) is 0 Å². The molecule has 0 saturated carbocycles. The van der Waals surface area contributed by atoms with E-state index in [4.69, 9.17) is 0 Å². The fourth-order valence-corrected chi connectivity index (χ4v) is 1.90. The monoisotopic (exact) mass is 232 g/mol. The molecular weight excluding hydrogens is 216 g/mol. The molecule has 2 N–H and O–H groups in total. The number of carbonyl (C=O) groups is 1. The van der Waals surface area contributed by atoms with Crippen molar-refractivity contribution in [1.82, 2.24) is 4.98 Å². The number of benzene rings is 1. The molecule has 17 heavy (non-hydrogen) atoms. The molecule has 0 radical (unpaired) electrons. The highest BCUT2D eigenvalue weighted by atomic mass is 16.5. The van der Waals surface area contributed by atoms with Crippen LogP contribution in [-0.2, 0) is 9.53 Å². The number of aromatic nitrogens is 1. The van der Waals surface area contributed by atoms with Gasteiger partial charge in [0.05, 0.1) is 19.2 Å². The number of esters is 1. The van der Waals surface area contributed by atoms with E-state index in [1.807, 2.05) is 25.1 Å². The Labute approximate surface area is 100.0 Å². The van der Waals surface area contributed by atoms with Crippen LogP contribution in [0.3, 0.4) is 0 Å². The van der Waals surface area contributed by atoms with Crippen LogP contribution in [0.15, 0.2) is 24.3 Å². The third kappa shape index (κ3) is 2.41. The van der Waals surface area contributed by atoms with Gasteiger partial charge in [0.2, 0.25) is 0 Å². The number of carbonyl (C=O) groups excluding carboxylic acids is 1. The summed E-state index contributed by atoms with van der Waals surface area (Å²) in [5.74, 6) is -0.199. The first kappa shape index (κ1) is 11.5. The summed E-state index contributed by atoms with van der Waals surface area (Å²) in [6.07, 6.45) is 0.370. The lowest BCUT2D eigenvalue weighted by Crippen LogP contribution is -2.09. The van der Waals surface area contributed by atoms with Crippen molar-refractivity contribution in [2.75, 3.05) is 19.0 Å². The standard InChI is InChI=1S/C13H16N2O2/c1-9-13(14-8-7-12(16)17-2)10-5-3-4-6-11(10)15-9/h3-6,14-15H,7-8H2,1-2H3. The molecule has 0 fully saturated rings. The lowest BCUT2D eigenvalue weighted by molar-refractivity contribution is -0.140. The summed E-state index contributed by atoms with van der Waals surface area (Å²) >= 11 is 0. The minimum Gasteiger partial charge on any atom is -0.469 e. The van der Waals surface area contributed by atoms with Gasteiger partial charge in [-0.1, -0.05) is 18.2 Å². The average Bonchev–Trinajstić information content (AvgIpc) is 2.66. The Morgan fingerprint density at radius 1 is 1.41 bits per heavy atom. The topological polar surface area (TPSA) is 54.1 Å². The second-order valence-corrected chi connectivity index (χ2v) is 3.92. The average molecular weight is 232 g/mol. The predicted molar refractivity (Wildman–Crippen MR) is 68.2 cm³/mol. The van der Waals surface area contributed by atoms with Gasteiger partial charge in [-0.25, -0.2) is 0 Å². The number of nitrogens with one attached hydrogen (secondary N) is 2. The first-order valence-electron chi connectivity index (χ1n) is 5.60. The van der Waals surface area contributed by atoms with Gasteiger partial charge in [-0.3, -0.25) is 4.79 Å². The summed E-state index contributed by atoms with van der Waals surface area (Å²) in [7, 11) is 1.40. The van der Waals surface area contributed by atoms with Crippen molar-refractivity contribution in [1.29, 1.82) is 0 Å². The summed E-state index contributed by atoms with van der Waals surface area (Å²) in [6, 6.07) is 8.09. The number of para-hydroxylation sites is 1. The van der Waals surface area contributed by atoms with Gasteiger partial charge in [-0.15, -0.1) is 0 Å². The molecule has 0 aliphatic heterocycles. The van der Waals surface area contributed by atoms with Crippen LogP contribution in [0.2, 0.25) is 0 Å². The Hall–Kier alpha value is -1.97. The number of H-pyrrole nitrogens is 1. The highest BCUT2D eigenvalue weighted by Crippen LogP contribution is 2.26. The normalized spacial score (nSPS) is 10.5. The molecule has 0 spiro atoms. The van der Waals surface area contributed by atoms with Crippen molar-refractivity contribution < 1.29 is 9.53 Å². The Bertz CT molecular complexity index is 531. The van der Waals surface area contributed by atoms with Crippen molar-refractivity contribution in [3.63, 3.8) is 0 Å². The summed E-state index contributed by atoms with van der Waals surface area (Å²) < 4.78 is 4.60. The number of hydrogen-bond acceptors (Lipinski definition) is 3. The zero-order valence-corrected chi connectivity index (χ0v) is 10.0. The number of aromatic amines is 1. The number of rotatable bonds is 4. The Morgan fingerprint density at radius 2 is 2.18 bits per heavy atom. The van der Waals surface area contributed by atoms with Crippen molar-refractivity contribution in [3.8, 4) is 0 Å². The molecule has 0 bridgehead atoms. The Balaban J connectivity index is 2.12. The molecule has 2 rings (SSSR count). The number of hydrogen-bond donors (Lipinski definition) is 2. The lowest BCUT2D eigenvalue weighted by Gasteiger charge is -2.05. The van der Waals surface area contributed by atoms with Gasteiger partial charge in [0, 0.05) is 23.1 Å². The first-order valence-corrected chi connectivity index (χ1v) is 5.60. The van der Waals surface area contributed by atoms with Gasteiger partial charge in [-0.2, -0.15) is 0 Å². The van der Waals surface area contributed by atoms with E-state index in [0.717, 1.165) is 22.3 Å². The van der Waals surface area contributed by atoms with Gasteiger partial charge in [0.25, 0.3) is 0 Å². The van der Waals surface area contributed by atoms with Crippen molar-refractivity contribution in [3.05, 3.63) is 30.0 Å². The van der Waals surface area contributed by atoms with Crippen LogP contribution >= 0.6 is 0 Å². The molecule has 2 aromatic rings. The number of anilines is 1. The van der Waals surface area contributed by atoms with Gasteiger partial charge >= 0.3 is 5.97 Å². The number of fused-ring (bicyclic) bond motifs is 1. The van der Waals surface area contributed by atoms with E-state index >= 15 is 0 Å². The lowest BCUT2D eigenvalue weighted by atomic mass is 10.2. The number of methoxy groups -OCH3 is 1. The molecule has 0 saturated heterocycles. The van der Waals surface area contributed by atoms with E-state index in [9.17, 15) is 4.79 Å². The Morgan fingerprint density at radius 3 is 2.94 bits per heavy atom. The zero-order valence-electron chi connectivity index (χ0n) is 10.0. The van der Waals surface area contributed by atoms with E-state index < -0.39 is 0 Å². The third-order valence-electron chi connectivity index (χ3n) is 2.75. The molecule has 0 aliphatic carbocycles. The van der Waals surface area contributed by atoms with Crippen LogP contribution < -0.4 is 5.32 Å². The zero-order chi connectivity index (χ0) is 12.3. The molecule has 1 aromatic carbocycles. The summed E-state index contributed by atoms with van der Waals surface area (Å²) in [5.41, 5.74) is 3.24. The highest BCUT2D eigenvalue weighted by Gasteiger charge is 2.07. The minimum atomic E-state index is -0.199. The highest BCUT2D eigenvalue weighted by molar-refractivity contribution is 5.94. The Kier molecular flexibility index (Phi) is 3.32. The summed E-state index contributed by atoms with van der Waals surface area (Å²) in [4.78, 5) is 14.3. The maximum atomic E-state index is 11.0. The fourth-order valence-electron chi connectivity index (χ4n) is 1.90. The van der Waals surface area contributed by atoms with E-state index in [2.05, 4.69) is 21.1 Å². The van der Waals surface area contributed by atoms with E-state index in [1.54, 1.807) is 0 Å². The molecule has 1 aromatic heterocycles. The molecule has 4 nitrogen and oxygen atoms in total. The minimum absolute atomic E-state index is 0.199. The van der Waals surface area contributed by atoms with Gasteiger partial charge in [0.1, 0.15) is 0 Å². The summed E-state index contributed by atoms with van der Waals surface area (Å²) in [6.45, 7) is 2.59. The smallest absolute Gasteiger partial charge is 0.307 e. The predicted octanol–water partition coefficient (Wildman–Crippen LogP) is 2.45. The molecule has 0 aliphatic rings. The first-order chi connectivity index (χ1) is 8.22.